The van der Waals surface area contributed by atoms with E-state index in [9.17, 15) is 13.2 Å². The zero-order valence-corrected chi connectivity index (χ0v) is 13.9. The Balaban J connectivity index is 1.64. The summed E-state index contributed by atoms with van der Waals surface area (Å²) in [5.41, 5.74) is 6.08. The molecule has 1 aliphatic heterocycles. The number of amides is 1. The third-order valence-electron chi connectivity index (χ3n) is 4.97. The van der Waals surface area contributed by atoms with E-state index < -0.39 is 10.0 Å². The summed E-state index contributed by atoms with van der Waals surface area (Å²) in [7, 11) is -2.27. The monoisotopic (exact) mass is 338 g/mol. The highest BCUT2D eigenvalue weighted by molar-refractivity contribution is 7.89. The van der Waals surface area contributed by atoms with E-state index in [-0.39, 0.29) is 23.4 Å². The number of carbonyl (C=O) groups is 1. The number of rotatable bonds is 4. The second-order valence-electron chi connectivity index (χ2n) is 6.41. The van der Waals surface area contributed by atoms with Crippen LogP contribution in [0, 0.1) is 11.8 Å². The lowest BCUT2D eigenvalue weighted by molar-refractivity contribution is -0.130. The van der Waals surface area contributed by atoms with Crippen LogP contribution in [0.2, 0.25) is 0 Å². The van der Waals surface area contributed by atoms with Gasteiger partial charge in [0, 0.05) is 38.6 Å². The minimum absolute atomic E-state index is 0.0932. The predicted octanol–water partition coefficient (Wildman–Crippen LogP) is -0.102. The van der Waals surface area contributed by atoms with Gasteiger partial charge in [0.15, 0.2) is 0 Å². The number of hydrogen-bond acceptors (Lipinski definition) is 5. The predicted molar refractivity (Wildman–Crippen MR) is 84.8 cm³/mol. The summed E-state index contributed by atoms with van der Waals surface area (Å²) in [6, 6.07) is 3.20. The van der Waals surface area contributed by atoms with E-state index in [1.807, 2.05) is 0 Å². The van der Waals surface area contributed by atoms with Gasteiger partial charge in [-0.3, -0.25) is 9.78 Å². The van der Waals surface area contributed by atoms with Crippen molar-refractivity contribution < 1.29 is 13.2 Å². The fourth-order valence-electron chi connectivity index (χ4n) is 3.57. The van der Waals surface area contributed by atoms with E-state index in [4.69, 9.17) is 5.73 Å². The average molecular weight is 338 g/mol. The number of likely N-dealkylation sites (tertiary alicyclic amines) is 1. The van der Waals surface area contributed by atoms with Crippen LogP contribution in [0.4, 0.5) is 0 Å². The van der Waals surface area contributed by atoms with Crippen LogP contribution in [0.5, 0.6) is 0 Å². The first-order valence-corrected chi connectivity index (χ1v) is 9.23. The molecular formula is C15H22N4O3S. The molecule has 0 aromatic carbocycles. The van der Waals surface area contributed by atoms with Crippen molar-refractivity contribution in [2.75, 3.05) is 26.7 Å². The Morgan fingerprint density at radius 3 is 2.87 bits per heavy atom. The lowest BCUT2D eigenvalue weighted by atomic mass is 9.98. The van der Waals surface area contributed by atoms with E-state index in [0.717, 1.165) is 17.1 Å². The summed E-state index contributed by atoms with van der Waals surface area (Å²) in [5, 5.41) is 0. The van der Waals surface area contributed by atoms with Crippen molar-refractivity contribution in [1.29, 1.82) is 0 Å². The van der Waals surface area contributed by atoms with Gasteiger partial charge in [0.1, 0.15) is 4.90 Å². The molecule has 1 saturated carbocycles. The normalized spacial score (nSPS) is 27.4. The molecule has 23 heavy (non-hydrogen) atoms. The van der Waals surface area contributed by atoms with Gasteiger partial charge >= 0.3 is 0 Å². The van der Waals surface area contributed by atoms with Crippen LogP contribution in [0.15, 0.2) is 29.4 Å². The Morgan fingerprint density at radius 1 is 1.43 bits per heavy atom. The highest BCUT2D eigenvalue weighted by Crippen LogP contribution is 2.37. The number of nitrogens with zero attached hydrogens (tertiary/aromatic N) is 3. The van der Waals surface area contributed by atoms with E-state index in [2.05, 4.69) is 4.98 Å². The molecule has 1 amide bonds. The largest absolute Gasteiger partial charge is 0.341 e. The number of sulfonamides is 1. The van der Waals surface area contributed by atoms with Gasteiger partial charge in [-0.05, 0) is 36.8 Å². The van der Waals surface area contributed by atoms with E-state index >= 15 is 0 Å². The third kappa shape index (κ3) is 3.11. The molecule has 2 N–H and O–H groups in total. The Morgan fingerprint density at radius 2 is 2.22 bits per heavy atom. The second-order valence-corrected chi connectivity index (χ2v) is 8.46. The van der Waals surface area contributed by atoms with Crippen molar-refractivity contribution in [3.63, 3.8) is 0 Å². The molecule has 3 atom stereocenters. The van der Waals surface area contributed by atoms with Crippen molar-refractivity contribution in [3.05, 3.63) is 24.5 Å². The molecule has 3 unspecified atom stereocenters. The molecule has 126 valence electrons. The summed E-state index contributed by atoms with van der Waals surface area (Å²) in [6.07, 6.45) is 4.87. The van der Waals surface area contributed by atoms with E-state index in [1.54, 1.807) is 11.0 Å². The van der Waals surface area contributed by atoms with Crippen LogP contribution in [0.25, 0.3) is 0 Å². The van der Waals surface area contributed by atoms with Gasteiger partial charge in [0.05, 0.1) is 6.54 Å². The molecule has 3 rings (SSSR count). The standard InChI is InChI=1S/C15H22N4O3S/c1-18(23(21,22)12-3-2-6-17-7-12)10-15(20)19-8-11-4-5-14(16)13(11)9-19/h2-3,6-7,11,13-14H,4-5,8-10,16H2,1H3. The number of pyridine rings is 1. The number of fused-ring (bicyclic) bond motifs is 1. The van der Waals surface area contributed by atoms with Crippen molar-refractivity contribution in [2.45, 2.75) is 23.8 Å². The fraction of sp³-hybridized carbons (Fsp3) is 0.600. The zero-order valence-electron chi connectivity index (χ0n) is 13.1. The first-order valence-electron chi connectivity index (χ1n) is 7.79. The minimum atomic E-state index is -3.69. The molecule has 2 heterocycles. The van der Waals surface area contributed by atoms with Gasteiger partial charge in [-0.15, -0.1) is 0 Å². The van der Waals surface area contributed by atoms with Gasteiger partial charge < -0.3 is 10.6 Å². The smallest absolute Gasteiger partial charge is 0.244 e. The highest BCUT2D eigenvalue weighted by Gasteiger charge is 2.42. The molecule has 0 radical (unpaired) electrons. The first kappa shape index (κ1) is 16.4. The van der Waals surface area contributed by atoms with Gasteiger partial charge in [0.2, 0.25) is 15.9 Å². The van der Waals surface area contributed by atoms with Crippen LogP contribution in [-0.2, 0) is 14.8 Å². The summed E-state index contributed by atoms with van der Waals surface area (Å²) < 4.78 is 25.9. The number of aromatic nitrogens is 1. The third-order valence-corrected chi connectivity index (χ3v) is 6.75. The summed E-state index contributed by atoms with van der Waals surface area (Å²) >= 11 is 0. The Bertz CT molecular complexity index is 679. The molecular weight excluding hydrogens is 316 g/mol. The number of hydrogen-bond donors (Lipinski definition) is 1. The summed E-state index contributed by atoms with van der Waals surface area (Å²) in [4.78, 5) is 18.1. The van der Waals surface area contributed by atoms with Crippen LogP contribution >= 0.6 is 0 Å². The Labute approximate surface area is 136 Å². The molecule has 2 aliphatic rings. The molecule has 7 nitrogen and oxygen atoms in total. The van der Waals surface area contributed by atoms with Crippen LogP contribution in [0.3, 0.4) is 0 Å². The average Bonchev–Trinajstić information content (AvgIpc) is 3.10. The Hall–Kier alpha value is -1.51. The van der Waals surface area contributed by atoms with Crippen molar-refractivity contribution in [2.24, 2.45) is 17.6 Å². The van der Waals surface area contributed by atoms with Crippen LogP contribution < -0.4 is 5.73 Å². The molecule has 8 heteroatoms. The molecule has 2 fully saturated rings. The Kier molecular flexibility index (Phi) is 4.39. The highest BCUT2D eigenvalue weighted by atomic mass is 32.2. The van der Waals surface area contributed by atoms with Crippen molar-refractivity contribution >= 4 is 15.9 Å². The number of nitrogens with two attached hydrogens (primary N) is 1. The maximum Gasteiger partial charge on any atom is 0.244 e. The number of likely N-dealkylation sites (N-methyl/N-ethyl adjacent to an activating group) is 1. The maximum atomic E-state index is 12.4. The van der Waals surface area contributed by atoms with Crippen molar-refractivity contribution in [1.82, 2.24) is 14.2 Å². The maximum absolute atomic E-state index is 12.4. The lowest BCUT2D eigenvalue weighted by Gasteiger charge is -2.22. The topological polar surface area (TPSA) is 96.6 Å². The molecule has 1 aromatic rings. The molecule has 0 bridgehead atoms. The SMILES string of the molecule is CN(CC(=O)N1CC2CCC(N)C2C1)S(=O)(=O)c1cccnc1. The van der Waals surface area contributed by atoms with Gasteiger partial charge in [-0.1, -0.05) is 0 Å². The lowest BCUT2D eigenvalue weighted by Crippen LogP contribution is -2.41. The zero-order chi connectivity index (χ0) is 16.6. The molecule has 0 spiro atoms. The van der Waals surface area contributed by atoms with Gasteiger partial charge in [-0.2, -0.15) is 4.31 Å². The second kappa shape index (κ2) is 6.18. The molecule has 1 aliphatic carbocycles. The van der Waals surface area contributed by atoms with E-state index in [1.165, 1.54) is 25.5 Å². The van der Waals surface area contributed by atoms with Crippen molar-refractivity contribution in [3.8, 4) is 0 Å². The molecule has 1 saturated heterocycles. The molecule has 1 aromatic heterocycles. The van der Waals surface area contributed by atoms with Crippen LogP contribution in [-0.4, -0.2) is 61.2 Å². The summed E-state index contributed by atoms with van der Waals surface area (Å²) in [6.45, 7) is 1.18. The summed E-state index contributed by atoms with van der Waals surface area (Å²) in [5.74, 6) is 0.662. The van der Waals surface area contributed by atoms with Crippen LogP contribution in [0.1, 0.15) is 12.8 Å². The van der Waals surface area contributed by atoms with E-state index in [0.29, 0.717) is 24.9 Å². The van der Waals surface area contributed by atoms with Gasteiger partial charge in [0.25, 0.3) is 0 Å². The number of carbonyl (C=O) groups excluding carboxylic acids is 1. The first-order chi connectivity index (χ1) is 10.9. The quantitative estimate of drug-likeness (QED) is 0.827. The minimum Gasteiger partial charge on any atom is -0.341 e. The van der Waals surface area contributed by atoms with Gasteiger partial charge in [-0.25, -0.2) is 8.42 Å². The fourth-order valence-corrected chi connectivity index (χ4v) is 4.65.